The third-order valence-electron chi connectivity index (χ3n) is 4.17. The SMILES string of the molecule is O=C(CSc1nonc1/C(=N\O)Nc1ccc(F)c(Br)c1)NC1C[C@@H](O)[C@@H](O)C1. The number of carbonyl (C=O) groups excluding carboxylic acids is 1. The topological polar surface area (TPSA) is 153 Å². The van der Waals surface area contributed by atoms with Crippen molar-refractivity contribution in [1.82, 2.24) is 15.6 Å². The van der Waals surface area contributed by atoms with Gasteiger partial charge in [0, 0.05) is 11.7 Å². The Hall–Kier alpha value is -2.22. The molecule has 0 radical (unpaired) electrons. The number of halogens is 2. The summed E-state index contributed by atoms with van der Waals surface area (Å²) in [6.45, 7) is 0. The van der Waals surface area contributed by atoms with Crippen molar-refractivity contribution in [3.05, 3.63) is 34.2 Å². The Morgan fingerprint density at radius 2 is 2.07 bits per heavy atom. The molecule has 3 rings (SSSR count). The summed E-state index contributed by atoms with van der Waals surface area (Å²) < 4.78 is 18.3. The molecule has 29 heavy (non-hydrogen) atoms. The second kappa shape index (κ2) is 9.52. The summed E-state index contributed by atoms with van der Waals surface area (Å²) in [6.07, 6.45) is -1.13. The van der Waals surface area contributed by atoms with Crippen LogP contribution in [-0.4, -0.2) is 61.5 Å². The summed E-state index contributed by atoms with van der Waals surface area (Å²) in [4.78, 5) is 12.1. The number of benzene rings is 1. The highest BCUT2D eigenvalue weighted by Crippen LogP contribution is 2.24. The molecule has 1 aromatic heterocycles. The maximum atomic E-state index is 13.4. The third kappa shape index (κ3) is 5.44. The molecule has 10 nitrogen and oxygen atoms in total. The van der Waals surface area contributed by atoms with Gasteiger partial charge in [0.1, 0.15) is 5.82 Å². The molecular formula is C16H17BrFN5O5S. The third-order valence-corrected chi connectivity index (χ3v) is 5.72. The van der Waals surface area contributed by atoms with Gasteiger partial charge in [0.05, 0.1) is 22.4 Å². The van der Waals surface area contributed by atoms with Gasteiger partial charge in [-0.3, -0.25) is 4.79 Å². The van der Waals surface area contributed by atoms with Crippen molar-refractivity contribution in [2.24, 2.45) is 5.16 Å². The molecule has 5 N–H and O–H groups in total. The first-order chi connectivity index (χ1) is 13.9. The van der Waals surface area contributed by atoms with Crippen molar-refractivity contribution in [3.63, 3.8) is 0 Å². The number of nitrogens with one attached hydrogen (secondary N) is 2. The monoisotopic (exact) mass is 489 g/mol. The predicted molar refractivity (Wildman–Crippen MR) is 104 cm³/mol. The largest absolute Gasteiger partial charge is 0.409 e. The Morgan fingerprint density at radius 3 is 2.72 bits per heavy atom. The number of aliphatic hydroxyl groups is 2. The van der Waals surface area contributed by atoms with Crippen molar-refractivity contribution in [2.75, 3.05) is 11.1 Å². The molecule has 13 heteroatoms. The fourth-order valence-corrected chi connectivity index (χ4v) is 3.86. The highest BCUT2D eigenvalue weighted by Gasteiger charge is 2.32. The first kappa shape index (κ1) is 21.5. The predicted octanol–water partition coefficient (Wildman–Crippen LogP) is 1.31. The number of hydrogen-bond donors (Lipinski definition) is 5. The van der Waals surface area contributed by atoms with Gasteiger partial charge in [-0.1, -0.05) is 16.9 Å². The highest BCUT2D eigenvalue weighted by atomic mass is 79.9. The number of aromatic nitrogens is 2. The van der Waals surface area contributed by atoms with E-state index >= 15 is 0 Å². The average molecular weight is 490 g/mol. The smallest absolute Gasteiger partial charge is 0.230 e. The zero-order valence-electron chi connectivity index (χ0n) is 14.7. The molecule has 156 valence electrons. The second-order valence-electron chi connectivity index (χ2n) is 6.28. The zero-order valence-corrected chi connectivity index (χ0v) is 17.2. The molecule has 0 spiro atoms. The van der Waals surface area contributed by atoms with E-state index in [1.54, 1.807) is 0 Å². The van der Waals surface area contributed by atoms with E-state index in [-0.39, 0.29) is 51.6 Å². The van der Waals surface area contributed by atoms with E-state index in [9.17, 15) is 24.6 Å². The first-order valence-corrected chi connectivity index (χ1v) is 10.2. The van der Waals surface area contributed by atoms with Crippen LogP contribution in [0.15, 0.2) is 37.5 Å². The van der Waals surface area contributed by atoms with Gasteiger partial charge in [0.25, 0.3) is 0 Å². The molecule has 1 saturated carbocycles. The number of rotatable bonds is 6. The van der Waals surface area contributed by atoms with Gasteiger partial charge in [-0.15, -0.1) is 0 Å². The van der Waals surface area contributed by atoms with Crippen LogP contribution in [-0.2, 0) is 4.79 Å². The zero-order chi connectivity index (χ0) is 21.0. The number of amides is 1. The van der Waals surface area contributed by atoms with Crippen LogP contribution in [0.4, 0.5) is 10.1 Å². The minimum atomic E-state index is -0.847. The molecule has 0 bridgehead atoms. The van der Waals surface area contributed by atoms with E-state index in [1.165, 1.54) is 18.2 Å². The Balaban J connectivity index is 1.60. The minimum absolute atomic E-state index is 0.0370. The number of aliphatic hydroxyl groups excluding tert-OH is 2. The van der Waals surface area contributed by atoms with E-state index < -0.39 is 18.0 Å². The summed E-state index contributed by atoms with van der Waals surface area (Å²) in [6, 6.07) is 3.79. The number of amidine groups is 1. The van der Waals surface area contributed by atoms with Gasteiger partial charge in [-0.05, 0) is 57.3 Å². The molecule has 0 saturated heterocycles. The van der Waals surface area contributed by atoms with Crippen molar-refractivity contribution in [2.45, 2.75) is 36.1 Å². The van der Waals surface area contributed by atoms with Crippen LogP contribution in [0.2, 0.25) is 0 Å². The molecule has 2 aromatic rings. The number of hydrogen-bond acceptors (Lipinski definition) is 9. The van der Waals surface area contributed by atoms with E-state index in [2.05, 4.69) is 46.7 Å². The fourth-order valence-electron chi connectivity index (χ4n) is 2.78. The average Bonchev–Trinajstić information content (AvgIpc) is 3.27. The van der Waals surface area contributed by atoms with Crippen molar-refractivity contribution in [3.8, 4) is 0 Å². The highest BCUT2D eigenvalue weighted by molar-refractivity contribution is 9.10. The van der Waals surface area contributed by atoms with Crippen LogP contribution < -0.4 is 10.6 Å². The number of carbonyl (C=O) groups is 1. The molecule has 1 aliphatic carbocycles. The number of nitrogens with zero attached hydrogens (tertiary/aromatic N) is 3. The van der Waals surface area contributed by atoms with E-state index in [1.807, 2.05) is 0 Å². The van der Waals surface area contributed by atoms with Gasteiger partial charge in [-0.2, -0.15) is 0 Å². The van der Waals surface area contributed by atoms with Gasteiger partial charge in [0.2, 0.25) is 11.7 Å². The summed E-state index contributed by atoms with van der Waals surface area (Å²) in [5.74, 6) is -0.918. The van der Waals surface area contributed by atoms with Gasteiger partial charge in [-0.25, -0.2) is 9.02 Å². The Morgan fingerprint density at radius 1 is 1.34 bits per heavy atom. The van der Waals surface area contributed by atoms with Crippen molar-refractivity contribution < 1.29 is 29.2 Å². The molecule has 1 unspecified atom stereocenters. The number of thioether (sulfide) groups is 1. The van der Waals surface area contributed by atoms with Gasteiger partial charge in [0.15, 0.2) is 10.7 Å². The second-order valence-corrected chi connectivity index (χ2v) is 8.10. The maximum absolute atomic E-state index is 13.4. The van der Waals surface area contributed by atoms with Gasteiger partial charge < -0.3 is 26.1 Å². The molecule has 1 aliphatic rings. The Labute approximate surface area is 176 Å². The lowest BCUT2D eigenvalue weighted by Gasteiger charge is -2.11. The molecular weight excluding hydrogens is 473 g/mol. The van der Waals surface area contributed by atoms with Crippen LogP contribution in [0.3, 0.4) is 0 Å². The van der Waals surface area contributed by atoms with Crippen LogP contribution in [0.25, 0.3) is 0 Å². The molecule has 1 fully saturated rings. The van der Waals surface area contributed by atoms with E-state index in [4.69, 9.17) is 0 Å². The standard InChI is InChI=1S/C16H17BrFN5O5S/c17-9-3-7(1-2-10(9)18)20-15(21-27)14-16(23-28-22-14)29-6-13(26)19-8-4-11(24)12(25)5-8/h1-3,8,11-12,24-25,27H,4-6H2,(H,19,26)(H,20,21)/t8?,11-,12+. The maximum Gasteiger partial charge on any atom is 0.230 e. The lowest BCUT2D eigenvalue weighted by atomic mass is 10.2. The molecule has 0 aliphatic heterocycles. The quantitative estimate of drug-likeness (QED) is 0.133. The first-order valence-electron chi connectivity index (χ1n) is 8.42. The van der Waals surface area contributed by atoms with Crippen molar-refractivity contribution >= 4 is 45.1 Å². The Bertz CT molecular complexity index is 904. The molecule has 1 aromatic carbocycles. The van der Waals surface area contributed by atoms with Gasteiger partial charge >= 0.3 is 0 Å². The minimum Gasteiger partial charge on any atom is -0.409 e. The van der Waals surface area contributed by atoms with Crippen LogP contribution >= 0.6 is 27.7 Å². The van der Waals surface area contributed by atoms with E-state index in [0.29, 0.717) is 5.69 Å². The molecule has 1 amide bonds. The summed E-state index contributed by atoms with van der Waals surface area (Å²) in [5, 5.41) is 44.6. The number of oxime groups is 1. The lowest BCUT2D eigenvalue weighted by Crippen LogP contribution is -2.34. The summed E-state index contributed by atoms with van der Waals surface area (Å²) >= 11 is 4.06. The van der Waals surface area contributed by atoms with Crippen LogP contribution in [0.5, 0.6) is 0 Å². The van der Waals surface area contributed by atoms with Crippen LogP contribution in [0, 0.1) is 5.82 Å². The molecule has 1 heterocycles. The molecule has 3 atom stereocenters. The van der Waals surface area contributed by atoms with Crippen molar-refractivity contribution in [1.29, 1.82) is 0 Å². The Kier molecular flexibility index (Phi) is 7.05. The van der Waals surface area contributed by atoms with Crippen LogP contribution in [0.1, 0.15) is 18.5 Å². The summed E-state index contributed by atoms with van der Waals surface area (Å²) in [7, 11) is 0. The fraction of sp³-hybridized carbons (Fsp3) is 0.375. The number of anilines is 1. The van der Waals surface area contributed by atoms with E-state index in [0.717, 1.165) is 11.8 Å². The summed E-state index contributed by atoms with van der Waals surface area (Å²) in [5.41, 5.74) is 0.485. The normalized spacial score (nSPS) is 21.9. The lowest BCUT2D eigenvalue weighted by molar-refractivity contribution is -0.119.